The quantitative estimate of drug-likeness (QED) is 0.0245. The molecular formula is C48H94N2O6P+. The Labute approximate surface area is 353 Å². The van der Waals surface area contributed by atoms with Crippen LogP contribution in [-0.2, 0) is 18.4 Å². The highest BCUT2D eigenvalue weighted by atomic mass is 31.2. The zero-order valence-corrected chi connectivity index (χ0v) is 39.0. The maximum atomic E-state index is 12.9. The van der Waals surface area contributed by atoms with E-state index in [4.69, 9.17) is 9.05 Å². The summed E-state index contributed by atoms with van der Waals surface area (Å²) in [5.74, 6) is -0.191. The summed E-state index contributed by atoms with van der Waals surface area (Å²) >= 11 is 0. The number of amides is 1. The van der Waals surface area contributed by atoms with Gasteiger partial charge in [-0.2, -0.15) is 0 Å². The van der Waals surface area contributed by atoms with Crippen LogP contribution < -0.4 is 5.32 Å². The number of aliphatic hydroxyl groups excluding tert-OH is 1. The van der Waals surface area contributed by atoms with E-state index in [2.05, 4.69) is 43.5 Å². The third-order valence-corrected chi connectivity index (χ3v) is 11.6. The Kier molecular flexibility index (Phi) is 39.2. The van der Waals surface area contributed by atoms with Crippen LogP contribution in [0.3, 0.4) is 0 Å². The number of nitrogens with zero attached hydrogens (tertiary/aromatic N) is 1. The smallest absolute Gasteiger partial charge is 0.387 e. The van der Waals surface area contributed by atoms with E-state index in [1.165, 1.54) is 154 Å². The molecule has 0 rings (SSSR count). The van der Waals surface area contributed by atoms with Gasteiger partial charge in [0.15, 0.2) is 0 Å². The predicted molar refractivity (Wildman–Crippen MR) is 244 cm³/mol. The van der Waals surface area contributed by atoms with Crippen molar-refractivity contribution in [1.82, 2.24) is 5.32 Å². The van der Waals surface area contributed by atoms with Crippen molar-refractivity contribution in [3.05, 3.63) is 36.5 Å². The average Bonchev–Trinajstić information content (AvgIpc) is 3.16. The number of rotatable bonds is 43. The standard InChI is InChI=1S/C48H93N2O6P/c1-6-8-10-12-14-16-18-20-22-24-25-26-28-30-32-34-36-38-40-42-48(52)49-46(45-56-57(53,54)55-44-43-50(3,4)5)47(51)41-39-37-35-33-31-29-27-23-21-19-17-15-13-11-9-7-2/h24-25,31,33,39,41,46-47,51H,6-23,26-30,32,34-38,40,42-45H2,1-5H3,(H-,49,52,53,54)/p+1/b25-24-,33-31+,41-39+. The molecule has 0 aliphatic rings. The number of likely N-dealkylation sites (N-methyl/N-ethyl adjacent to an activating group) is 1. The van der Waals surface area contributed by atoms with Gasteiger partial charge in [-0.25, -0.2) is 4.57 Å². The second kappa shape index (κ2) is 40.1. The van der Waals surface area contributed by atoms with Crippen LogP contribution in [0.5, 0.6) is 0 Å². The van der Waals surface area contributed by atoms with Crippen molar-refractivity contribution in [3.63, 3.8) is 0 Å². The molecule has 3 unspecified atom stereocenters. The lowest BCUT2D eigenvalue weighted by Gasteiger charge is -2.25. The Morgan fingerprint density at radius 2 is 0.965 bits per heavy atom. The molecule has 0 aromatic heterocycles. The van der Waals surface area contributed by atoms with E-state index in [0.717, 1.165) is 38.5 Å². The third kappa shape index (κ3) is 42.6. The molecule has 3 N–H and O–H groups in total. The SMILES string of the molecule is CCCCCCCCCC/C=C\CCCCCCCCCC(=O)NC(COP(=O)(O)OCC[N+](C)(C)C)C(O)/C=C/CC/C=C/CCCCCCCCCCCC. The monoisotopic (exact) mass is 826 g/mol. The molecule has 0 radical (unpaired) electrons. The van der Waals surface area contributed by atoms with Crippen LogP contribution in [0.2, 0.25) is 0 Å². The molecule has 57 heavy (non-hydrogen) atoms. The van der Waals surface area contributed by atoms with Gasteiger partial charge in [-0.1, -0.05) is 185 Å². The van der Waals surface area contributed by atoms with Gasteiger partial charge in [0.25, 0.3) is 0 Å². The van der Waals surface area contributed by atoms with Crippen LogP contribution in [0.15, 0.2) is 36.5 Å². The summed E-state index contributed by atoms with van der Waals surface area (Å²) in [4.78, 5) is 23.1. The number of quaternary nitrogens is 1. The highest BCUT2D eigenvalue weighted by molar-refractivity contribution is 7.47. The second-order valence-electron chi connectivity index (χ2n) is 17.5. The van der Waals surface area contributed by atoms with Crippen molar-refractivity contribution in [2.45, 2.75) is 225 Å². The molecule has 0 spiro atoms. The van der Waals surface area contributed by atoms with E-state index in [1.54, 1.807) is 6.08 Å². The lowest BCUT2D eigenvalue weighted by Crippen LogP contribution is -2.45. The van der Waals surface area contributed by atoms with Gasteiger partial charge in [0.2, 0.25) is 5.91 Å². The second-order valence-corrected chi connectivity index (χ2v) is 18.9. The van der Waals surface area contributed by atoms with Crippen molar-refractivity contribution in [3.8, 4) is 0 Å². The minimum atomic E-state index is -4.35. The highest BCUT2D eigenvalue weighted by Crippen LogP contribution is 2.43. The molecule has 1 amide bonds. The summed E-state index contributed by atoms with van der Waals surface area (Å²) < 4.78 is 23.6. The molecule has 0 bridgehead atoms. The van der Waals surface area contributed by atoms with Crippen LogP contribution >= 0.6 is 7.82 Å². The highest BCUT2D eigenvalue weighted by Gasteiger charge is 2.27. The molecule has 0 aromatic rings. The first-order valence-electron chi connectivity index (χ1n) is 23.9. The first-order valence-corrected chi connectivity index (χ1v) is 25.4. The van der Waals surface area contributed by atoms with Crippen molar-refractivity contribution in [2.75, 3.05) is 40.9 Å². The number of carbonyl (C=O) groups is 1. The summed E-state index contributed by atoms with van der Waals surface area (Å²) in [5.41, 5.74) is 0. The Hall–Kier alpha value is -1.28. The zero-order valence-electron chi connectivity index (χ0n) is 38.1. The van der Waals surface area contributed by atoms with E-state index >= 15 is 0 Å². The molecule has 0 fully saturated rings. The van der Waals surface area contributed by atoms with Crippen LogP contribution in [0.4, 0.5) is 0 Å². The number of hydrogen-bond donors (Lipinski definition) is 3. The van der Waals surface area contributed by atoms with Gasteiger partial charge in [-0.15, -0.1) is 0 Å². The van der Waals surface area contributed by atoms with Gasteiger partial charge in [-0.05, 0) is 57.8 Å². The molecule has 0 saturated carbocycles. The normalized spacial score (nSPS) is 14.6. The van der Waals surface area contributed by atoms with Crippen molar-refractivity contribution >= 4 is 13.7 Å². The van der Waals surface area contributed by atoms with E-state index in [1.807, 2.05) is 27.2 Å². The Bertz CT molecular complexity index is 1030. The molecule has 0 heterocycles. The third-order valence-electron chi connectivity index (χ3n) is 10.6. The Morgan fingerprint density at radius 3 is 1.40 bits per heavy atom. The van der Waals surface area contributed by atoms with E-state index in [0.29, 0.717) is 17.4 Å². The lowest BCUT2D eigenvalue weighted by atomic mass is 10.1. The van der Waals surface area contributed by atoms with Crippen molar-refractivity contribution in [1.29, 1.82) is 0 Å². The molecule has 0 aliphatic heterocycles. The largest absolute Gasteiger partial charge is 0.472 e. The topological polar surface area (TPSA) is 105 Å². The molecule has 3 atom stereocenters. The fraction of sp³-hybridized carbons (Fsp3) is 0.854. The fourth-order valence-electron chi connectivity index (χ4n) is 6.76. The van der Waals surface area contributed by atoms with Crippen LogP contribution in [-0.4, -0.2) is 73.4 Å². The molecule has 0 saturated heterocycles. The van der Waals surface area contributed by atoms with Gasteiger partial charge in [0.1, 0.15) is 13.2 Å². The summed E-state index contributed by atoms with van der Waals surface area (Å²) in [6, 6.07) is -0.863. The number of nitrogens with one attached hydrogen (secondary N) is 1. The molecule has 0 aromatic carbocycles. The first-order chi connectivity index (χ1) is 27.5. The summed E-state index contributed by atoms with van der Waals surface area (Å²) in [7, 11) is 1.55. The van der Waals surface area contributed by atoms with E-state index in [-0.39, 0.29) is 19.1 Å². The number of phosphoric ester groups is 1. The van der Waals surface area contributed by atoms with E-state index in [9.17, 15) is 19.4 Å². The molecule has 9 heteroatoms. The van der Waals surface area contributed by atoms with Crippen molar-refractivity contribution in [2.24, 2.45) is 0 Å². The number of phosphoric acid groups is 1. The average molecular weight is 826 g/mol. The van der Waals surface area contributed by atoms with Gasteiger partial charge in [-0.3, -0.25) is 13.8 Å². The number of aliphatic hydroxyl groups is 1. The van der Waals surface area contributed by atoms with Gasteiger partial charge in [0, 0.05) is 6.42 Å². The number of allylic oxidation sites excluding steroid dienone is 5. The van der Waals surface area contributed by atoms with Crippen LogP contribution in [0.25, 0.3) is 0 Å². The maximum Gasteiger partial charge on any atom is 0.472 e. The Morgan fingerprint density at radius 1 is 0.579 bits per heavy atom. The first kappa shape index (κ1) is 55.7. The van der Waals surface area contributed by atoms with Crippen LogP contribution in [0, 0.1) is 0 Å². The molecule has 8 nitrogen and oxygen atoms in total. The van der Waals surface area contributed by atoms with E-state index < -0.39 is 20.0 Å². The zero-order chi connectivity index (χ0) is 42.1. The lowest BCUT2D eigenvalue weighted by molar-refractivity contribution is -0.870. The minimum Gasteiger partial charge on any atom is -0.387 e. The summed E-state index contributed by atoms with van der Waals surface area (Å²) in [6.07, 6.45) is 49.3. The molecular weight excluding hydrogens is 732 g/mol. The van der Waals surface area contributed by atoms with Gasteiger partial charge in [0.05, 0.1) is 39.9 Å². The number of carbonyl (C=O) groups excluding carboxylic acids is 1. The van der Waals surface area contributed by atoms with Crippen LogP contribution in [0.1, 0.15) is 213 Å². The van der Waals surface area contributed by atoms with Crippen molar-refractivity contribution < 1.29 is 32.9 Å². The van der Waals surface area contributed by atoms with Gasteiger partial charge >= 0.3 is 7.82 Å². The summed E-state index contributed by atoms with van der Waals surface area (Å²) in [5, 5.41) is 13.8. The van der Waals surface area contributed by atoms with Gasteiger partial charge < -0.3 is 19.8 Å². The summed E-state index contributed by atoms with van der Waals surface area (Å²) in [6.45, 7) is 4.79. The fourth-order valence-corrected chi connectivity index (χ4v) is 7.49. The Balaban J connectivity index is 4.41. The number of hydrogen-bond acceptors (Lipinski definition) is 5. The molecule has 336 valence electrons. The number of unbranched alkanes of at least 4 members (excludes halogenated alkanes) is 26. The molecule has 0 aliphatic carbocycles. The predicted octanol–water partition coefficient (Wildman–Crippen LogP) is 13.5. The maximum absolute atomic E-state index is 12.9. The minimum absolute atomic E-state index is 0.0555.